The highest BCUT2D eigenvalue weighted by Crippen LogP contribution is 2.46. The molecule has 0 heterocycles. The third-order valence-electron chi connectivity index (χ3n) is 3.18. The number of rotatable bonds is 2. The van der Waals surface area contributed by atoms with E-state index in [0.717, 1.165) is 11.8 Å². The molecule has 1 aliphatic rings. The fourth-order valence-electron chi connectivity index (χ4n) is 2.04. The van der Waals surface area contributed by atoms with Crippen LogP contribution in [0.1, 0.15) is 30.5 Å². The topological polar surface area (TPSA) is 26.0 Å². The lowest BCUT2D eigenvalue weighted by Crippen LogP contribution is -2.14. The molecule has 1 aliphatic carbocycles. The van der Waals surface area contributed by atoms with E-state index in [1.807, 2.05) is 0 Å². The third-order valence-corrected chi connectivity index (χ3v) is 3.18. The zero-order chi connectivity index (χ0) is 9.42. The largest absolute Gasteiger partial charge is 0.324 e. The summed E-state index contributed by atoms with van der Waals surface area (Å²) < 4.78 is 0. The first kappa shape index (κ1) is 8.76. The van der Waals surface area contributed by atoms with E-state index in [2.05, 4.69) is 38.1 Å². The second-order valence-corrected chi connectivity index (χ2v) is 4.26. The summed E-state index contributed by atoms with van der Waals surface area (Å²) in [6, 6.07) is 8.71. The Kier molecular flexibility index (Phi) is 2.12. The molecule has 1 heteroatoms. The van der Waals surface area contributed by atoms with Crippen molar-refractivity contribution >= 4 is 0 Å². The molecule has 0 bridgehead atoms. The molecule has 1 saturated carbocycles. The summed E-state index contributed by atoms with van der Waals surface area (Å²) in [7, 11) is 0. The van der Waals surface area contributed by atoms with Gasteiger partial charge in [0.1, 0.15) is 0 Å². The second-order valence-electron chi connectivity index (χ2n) is 4.26. The van der Waals surface area contributed by atoms with E-state index in [1.165, 1.54) is 17.5 Å². The number of nitrogens with two attached hydrogens (primary N) is 1. The molecule has 1 nitrogen and oxygen atoms in total. The molecule has 0 spiro atoms. The van der Waals surface area contributed by atoms with Gasteiger partial charge in [0.15, 0.2) is 0 Å². The van der Waals surface area contributed by atoms with Crippen molar-refractivity contribution in [3.63, 3.8) is 0 Å². The lowest BCUT2D eigenvalue weighted by Gasteiger charge is -2.13. The first-order valence-electron chi connectivity index (χ1n) is 5.01. The predicted molar refractivity (Wildman–Crippen MR) is 55.4 cm³/mol. The summed E-state index contributed by atoms with van der Waals surface area (Å²) in [5.41, 5.74) is 8.85. The summed E-state index contributed by atoms with van der Waals surface area (Å²) in [5.74, 6) is 1.55. The minimum absolute atomic E-state index is 0.260. The van der Waals surface area contributed by atoms with Crippen molar-refractivity contribution in [2.45, 2.75) is 26.3 Å². The van der Waals surface area contributed by atoms with Crippen LogP contribution < -0.4 is 5.73 Å². The van der Waals surface area contributed by atoms with E-state index in [0.29, 0.717) is 0 Å². The maximum absolute atomic E-state index is 6.19. The van der Waals surface area contributed by atoms with Crippen LogP contribution in [0.25, 0.3) is 0 Å². The molecule has 1 aromatic rings. The summed E-state index contributed by atoms with van der Waals surface area (Å²) in [5, 5.41) is 0. The summed E-state index contributed by atoms with van der Waals surface area (Å²) in [6.07, 6.45) is 1.30. The number of benzene rings is 1. The second kappa shape index (κ2) is 3.15. The molecule has 0 aromatic heterocycles. The van der Waals surface area contributed by atoms with Crippen LogP contribution in [0.15, 0.2) is 24.3 Å². The van der Waals surface area contributed by atoms with Crippen molar-refractivity contribution in [3.05, 3.63) is 35.4 Å². The fraction of sp³-hybridized carbons (Fsp3) is 0.500. The Balaban J connectivity index is 2.20. The first-order valence-corrected chi connectivity index (χ1v) is 5.01. The van der Waals surface area contributed by atoms with E-state index in [-0.39, 0.29) is 6.04 Å². The van der Waals surface area contributed by atoms with Gasteiger partial charge in [-0.15, -0.1) is 0 Å². The zero-order valence-corrected chi connectivity index (χ0v) is 8.33. The van der Waals surface area contributed by atoms with Crippen LogP contribution in [0.5, 0.6) is 0 Å². The molecule has 0 radical (unpaired) electrons. The van der Waals surface area contributed by atoms with Gasteiger partial charge in [-0.05, 0) is 36.3 Å². The quantitative estimate of drug-likeness (QED) is 0.734. The number of hydrogen-bond acceptors (Lipinski definition) is 1. The molecular weight excluding hydrogens is 158 g/mol. The number of hydrogen-bond donors (Lipinski definition) is 1. The molecule has 13 heavy (non-hydrogen) atoms. The van der Waals surface area contributed by atoms with Gasteiger partial charge < -0.3 is 5.73 Å². The van der Waals surface area contributed by atoms with Crippen LogP contribution in [-0.2, 0) is 0 Å². The van der Waals surface area contributed by atoms with E-state index in [9.17, 15) is 0 Å². The van der Waals surface area contributed by atoms with Crippen molar-refractivity contribution in [2.75, 3.05) is 0 Å². The van der Waals surface area contributed by atoms with Crippen LogP contribution in [0, 0.1) is 18.8 Å². The maximum atomic E-state index is 6.19. The van der Waals surface area contributed by atoms with E-state index in [1.54, 1.807) is 0 Å². The van der Waals surface area contributed by atoms with Crippen molar-refractivity contribution in [3.8, 4) is 0 Å². The van der Waals surface area contributed by atoms with Crippen molar-refractivity contribution in [1.82, 2.24) is 0 Å². The van der Waals surface area contributed by atoms with Gasteiger partial charge in [0.25, 0.3) is 0 Å². The van der Waals surface area contributed by atoms with Gasteiger partial charge in [-0.25, -0.2) is 0 Å². The van der Waals surface area contributed by atoms with Crippen LogP contribution in [0.4, 0.5) is 0 Å². The van der Waals surface area contributed by atoms with Crippen molar-refractivity contribution in [1.29, 1.82) is 0 Å². The highest BCUT2D eigenvalue weighted by atomic mass is 14.7. The van der Waals surface area contributed by atoms with E-state index >= 15 is 0 Å². The maximum Gasteiger partial charge on any atom is 0.0328 e. The smallest absolute Gasteiger partial charge is 0.0328 e. The Hall–Kier alpha value is -0.820. The minimum atomic E-state index is 0.260. The summed E-state index contributed by atoms with van der Waals surface area (Å²) in [4.78, 5) is 0. The lowest BCUT2D eigenvalue weighted by atomic mass is 9.98. The van der Waals surface area contributed by atoms with Gasteiger partial charge in [0.2, 0.25) is 0 Å². The van der Waals surface area contributed by atoms with Crippen LogP contribution >= 0.6 is 0 Å². The minimum Gasteiger partial charge on any atom is -0.324 e. The fourth-order valence-corrected chi connectivity index (χ4v) is 2.04. The Labute approximate surface area is 80.0 Å². The Bertz CT molecular complexity index is 306. The van der Waals surface area contributed by atoms with Gasteiger partial charge in [-0.2, -0.15) is 0 Å². The third kappa shape index (κ3) is 1.61. The summed E-state index contributed by atoms with van der Waals surface area (Å²) >= 11 is 0. The molecule has 0 aliphatic heterocycles. The monoisotopic (exact) mass is 175 g/mol. The van der Waals surface area contributed by atoms with Crippen LogP contribution in [0.3, 0.4) is 0 Å². The first-order chi connectivity index (χ1) is 6.20. The molecular formula is C12H17N. The van der Waals surface area contributed by atoms with Gasteiger partial charge >= 0.3 is 0 Å². The van der Waals surface area contributed by atoms with Crippen LogP contribution in [0.2, 0.25) is 0 Å². The molecule has 2 N–H and O–H groups in total. The summed E-state index contributed by atoms with van der Waals surface area (Å²) in [6.45, 7) is 4.42. The molecule has 70 valence electrons. The number of aryl methyl sites for hydroxylation is 1. The molecule has 1 aromatic carbocycles. The standard InChI is InChI=1S/C12H17N/c1-8-5-3-4-6-10(8)12(13)11-7-9(11)2/h3-6,9,11-12H,7,13H2,1-2H3. The normalized spacial score (nSPS) is 28.5. The molecule has 0 amide bonds. The van der Waals surface area contributed by atoms with Crippen LogP contribution in [-0.4, -0.2) is 0 Å². The molecule has 2 rings (SSSR count). The van der Waals surface area contributed by atoms with E-state index in [4.69, 9.17) is 5.73 Å². The molecule has 3 atom stereocenters. The lowest BCUT2D eigenvalue weighted by molar-refractivity contribution is 0.590. The Morgan fingerprint density at radius 3 is 2.54 bits per heavy atom. The average molecular weight is 175 g/mol. The van der Waals surface area contributed by atoms with Gasteiger partial charge in [-0.1, -0.05) is 31.2 Å². The zero-order valence-electron chi connectivity index (χ0n) is 8.33. The van der Waals surface area contributed by atoms with Gasteiger partial charge in [0.05, 0.1) is 0 Å². The van der Waals surface area contributed by atoms with Gasteiger partial charge in [-0.3, -0.25) is 0 Å². The predicted octanol–water partition coefficient (Wildman–Crippen LogP) is 2.65. The highest BCUT2D eigenvalue weighted by Gasteiger charge is 2.38. The Morgan fingerprint density at radius 1 is 1.38 bits per heavy atom. The van der Waals surface area contributed by atoms with Crippen molar-refractivity contribution < 1.29 is 0 Å². The molecule has 1 fully saturated rings. The molecule has 0 saturated heterocycles. The highest BCUT2D eigenvalue weighted by molar-refractivity contribution is 5.29. The SMILES string of the molecule is Cc1ccccc1C(N)C1CC1C. The average Bonchev–Trinajstić information content (AvgIpc) is 2.82. The van der Waals surface area contributed by atoms with Gasteiger partial charge in [0, 0.05) is 6.04 Å². The Morgan fingerprint density at radius 2 is 2.00 bits per heavy atom. The van der Waals surface area contributed by atoms with E-state index < -0.39 is 0 Å². The molecule has 3 unspecified atom stereocenters. The van der Waals surface area contributed by atoms with Crippen molar-refractivity contribution in [2.24, 2.45) is 17.6 Å².